The van der Waals surface area contributed by atoms with Crippen LogP contribution < -0.4 is 10.9 Å². The Morgan fingerprint density at radius 2 is 2.08 bits per heavy atom. The van der Waals surface area contributed by atoms with E-state index < -0.39 is 20.7 Å². The van der Waals surface area contributed by atoms with Crippen molar-refractivity contribution in [2.45, 2.75) is 51.6 Å². The number of aromatic nitrogens is 3. The van der Waals surface area contributed by atoms with Gasteiger partial charge in [0.25, 0.3) is 5.56 Å². The molecule has 0 saturated carbocycles. The standard InChI is InChI=1S/C16H25F3N4O2Si/c1-26(2,3)7-6-25-11-23-12(9-20-5-4-16(17,18)19)8-13-14(23)15(24)22-10-21-13/h8,10,20H,4-7,9,11H2,1-3H3,(H,21,22,24). The molecule has 0 bridgehead atoms. The number of hydrogen-bond acceptors (Lipinski definition) is 4. The lowest BCUT2D eigenvalue weighted by Crippen LogP contribution is -2.24. The van der Waals surface area contributed by atoms with Crippen molar-refractivity contribution in [1.29, 1.82) is 0 Å². The van der Waals surface area contributed by atoms with E-state index in [4.69, 9.17) is 4.74 Å². The first kappa shape index (κ1) is 20.7. The second-order valence-electron chi connectivity index (χ2n) is 7.42. The summed E-state index contributed by atoms with van der Waals surface area (Å²) in [4.78, 5) is 18.8. The van der Waals surface area contributed by atoms with Crippen molar-refractivity contribution in [1.82, 2.24) is 19.9 Å². The zero-order chi connectivity index (χ0) is 19.4. The van der Waals surface area contributed by atoms with E-state index in [2.05, 4.69) is 34.9 Å². The number of fused-ring (bicyclic) bond motifs is 1. The second-order valence-corrected chi connectivity index (χ2v) is 13.0. The van der Waals surface area contributed by atoms with Crippen LogP contribution in [0.25, 0.3) is 11.0 Å². The third-order valence-electron chi connectivity index (χ3n) is 3.89. The minimum Gasteiger partial charge on any atom is -0.361 e. The number of aromatic amines is 1. The van der Waals surface area contributed by atoms with E-state index in [1.54, 1.807) is 10.6 Å². The first-order valence-corrected chi connectivity index (χ1v) is 12.2. The summed E-state index contributed by atoms with van der Waals surface area (Å²) >= 11 is 0. The molecule has 0 fully saturated rings. The summed E-state index contributed by atoms with van der Waals surface area (Å²) in [6, 6.07) is 2.69. The predicted molar refractivity (Wildman–Crippen MR) is 96.8 cm³/mol. The van der Waals surface area contributed by atoms with Gasteiger partial charge in [0, 0.05) is 33.5 Å². The molecule has 10 heteroatoms. The van der Waals surface area contributed by atoms with Crippen LogP contribution in [0.1, 0.15) is 12.1 Å². The van der Waals surface area contributed by atoms with E-state index in [0.717, 1.165) is 6.04 Å². The number of rotatable bonds is 9. The molecule has 0 radical (unpaired) electrons. The van der Waals surface area contributed by atoms with Crippen molar-refractivity contribution in [3.63, 3.8) is 0 Å². The Kier molecular flexibility index (Phi) is 6.64. The van der Waals surface area contributed by atoms with Crippen LogP contribution in [0, 0.1) is 0 Å². The normalized spacial score (nSPS) is 12.8. The third-order valence-corrected chi connectivity index (χ3v) is 5.59. The van der Waals surface area contributed by atoms with Gasteiger partial charge in [0.15, 0.2) is 0 Å². The van der Waals surface area contributed by atoms with E-state index in [-0.39, 0.29) is 25.4 Å². The van der Waals surface area contributed by atoms with Gasteiger partial charge in [0.05, 0.1) is 18.3 Å². The van der Waals surface area contributed by atoms with Crippen LogP contribution in [0.2, 0.25) is 25.7 Å². The maximum Gasteiger partial charge on any atom is 0.390 e. The molecule has 0 saturated heterocycles. The Labute approximate surface area is 150 Å². The van der Waals surface area contributed by atoms with Crippen LogP contribution in [-0.4, -0.2) is 41.9 Å². The van der Waals surface area contributed by atoms with Crippen LogP contribution >= 0.6 is 0 Å². The van der Waals surface area contributed by atoms with E-state index in [9.17, 15) is 18.0 Å². The monoisotopic (exact) mass is 390 g/mol. The van der Waals surface area contributed by atoms with Gasteiger partial charge in [-0.1, -0.05) is 19.6 Å². The van der Waals surface area contributed by atoms with Crippen molar-refractivity contribution < 1.29 is 17.9 Å². The average molecular weight is 390 g/mol. The van der Waals surface area contributed by atoms with Gasteiger partial charge in [-0.05, 0) is 12.1 Å². The van der Waals surface area contributed by atoms with E-state index in [1.807, 2.05) is 0 Å². The fraction of sp³-hybridized carbons (Fsp3) is 0.625. The van der Waals surface area contributed by atoms with Gasteiger partial charge in [-0.2, -0.15) is 13.2 Å². The number of nitrogens with one attached hydrogen (secondary N) is 2. The molecule has 2 aromatic heterocycles. The van der Waals surface area contributed by atoms with Crippen molar-refractivity contribution in [2.24, 2.45) is 0 Å². The fourth-order valence-electron chi connectivity index (χ4n) is 2.43. The largest absolute Gasteiger partial charge is 0.390 e. The van der Waals surface area contributed by atoms with Gasteiger partial charge in [-0.25, -0.2) is 4.98 Å². The lowest BCUT2D eigenvalue weighted by atomic mass is 10.3. The molecule has 0 aliphatic heterocycles. The van der Waals surface area contributed by atoms with Crippen molar-refractivity contribution >= 4 is 19.1 Å². The Hall–Kier alpha value is -1.65. The Morgan fingerprint density at radius 3 is 2.73 bits per heavy atom. The highest BCUT2D eigenvalue weighted by molar-refractivity contribution is 6.76. The number of ether oxygens (including phenoxy) is 1. The zero-order valence-corrected chi connectivity index (χ0v) is 16.2. The van der Waals surface area contributed by atoms with Crippen molar-refractivity contribution in [3.05, 3.63) is 28.4 Å². The average Bonchev–Trinajstić information content (AvgIpc) is 2.85. The Balaban J connectivity index is 2.10. The highest BCUT2D eigenvalue weighted by Crippen LogP contribution is 2.19. The molecule has 146 valence electrons. The number of hydrogen-bond donors (Lipinski definition) is 2. The van der Waals surface area contributed by atoms with E-state index >= 15 is 0 Å². The molecule has 0 amide bonds. The van der Waals surface area contributed by atoms with E-state index in [1.165, 1.54) is 6.33 Å². The molecule has 26 heavy (non-hydrogen) atoms. The molecule has 0 unspecified atom stereocenters. The molecule has 2 N–H and O–H groups in total. The zero-order valence-electron chi connectivity index (χ0n) is 15.2. The number of alkyl halides is 3. The second kappa shape index (κ2) is 8.36. The summed E-state index contributed by atoms with van der Waals surface area (Å²) in [6.45, 7) is 7.48. The number of H-pyrrole nitrogens is 1. The molecule has 2 rings (SSSR count). The molecule has 6 nitrogen and oxygen atoms in total. The summed E-state index contributed by atoms with van der Waals surface area (Å²) < 4.78 is 44.2. The highest BCUT2D eigenvalue weighted by Gasteiger charge is 2.26. The number of halogens is 3. The fourth-order valence-corrected chi connectivity index (χ4v) is 3.18. The topological polar surface area (TPSA) is 71.9 Å². The van der Waals surface area contributed by atoms with Gasteiger partial charge in [-0.3, -0.25) is 4.79 Å². The molecule has 0 aliphatic rings. The van der Waals surface area contributed by atoms with Crippen molar-refractivity contribution in [3.8, 4) is 0 Å². The first-order valence-electron chi connectivity index (χ1n) is 8.48. The SMILES string of the molecule is C[Si](C)(C)CCOCn1c(CNCCC(F)(F)F)cc2nc[nH]c(=O)c21. The summed E-state index contributed by atoms with van der Waals surface area (Å²) in [5.74, 6) is 0. The molecular formula is C16H25F3N4O2Si. The minimum absolute atomic E-state index is 0.166. The summed E-state index contributed by atoms with van der Waals surface area (Å²) in [7, 11) is -1.23. The molecule has 2 heterocycles. The quantitative estimate of drug-likeness (QED) is 0.510. The van der Waals surface area contributed by atoms with Crippen LogP contribution in [0.15, 0.2) is 17.2 Å². The molecular weight excluding hydrogens is 365 g/mol. The molecule has 0 spiro atoms. The van der Waals surface area contributed by atoms with Crippen LogP contribution in [0.5, 0.6) is 0 Å². The van der Waals surface area contributed by atoms with Gasteiger partial charge in [0.2, 0.25) is 0 Å². The molecule has 0 aliphatic carbocycles. The molecule has 2 aromatic rings. The van der Waals surface area contributed by atoms with Crippen LogP contribution in [-0.2, 0) is 18.0 Å². The van der Waals surface area contributed by atoms with Crippen LogP contribution in [0.3, 0.4) is 0 Å². The smallest absolute Gasteiger partial charge is 0.361 e. The minimum atomic E-state index is -4.20. The summed E-state index contributed by atoms with van der Waals surface area (Å²) in [5, 5.41) is 2.76. The number of nitrogens with zero attached hydrogens (tertiary/aromatic N) is 2. The van der Waals surface area contributed by atoms with E-state index in [0.29, 0.717) is 23.3 Å². The van der Waals surface area contributed by atoms with Crippen molar-refractivity contribution in [2.75, 3.05) is 13.2 Å². The maximum absolute atomic E-state index is 12.3. The molecule has 0 atom stereocenters. The van der Waals surface area contributed by atoms with Gasteiger partial charge < -0.3 is 19.6 Å². The predicted octanol–water partition coefficient (Wildman–Crippen LogP) is 3.08. The Bertz CT molecular complexity index is 780. The van der Waals surface area contributed by atoms with Gasteiger partial charge in [0.1, 0.15) is 12.2 Å². The summed E-state index contributed by atoms with van der Waals surface area (Å²) in [5.41, 5.74) is 1.23. The summed E-state index contributed by atoms with van der Waals surface area (Å²) in [6.07, 6.45) is -3.79. The van der Waals surface area contributed by atoms with Gasteiger partial charge >= 0.3 is 6.18 Å². The molecule has 0 aromatic carbocycles. The Morgan fingerprint density at radius 1 is 1.35 bits per heavy atom. The first-order chi connectivity index (χ1) is 12.1. The van der Waals surface area contributed by atoms with Gasteiger partial charge in [-0.15, -0.1) is 0 Å². The lowest BCUT2D eigenvalue weighted by Gasteiger charge is -2.17. The highest BCUT2D eigenvalue weighted by atomic mass is 28.3. The maximum atomic E-state index is 12.3. The third kappa shape index (κ3) is 6.26. The lowest BCUT2D eigenvalue weighted by molar-refractivity contribution is -0.133. The van der Waals surface area contributed by atoms with Crippen LogP contribution in [0.4, 0.5) is 13.2 Å².